The number of aromatic nitrogens is 1. The number of carbonyl (C=O) groups excluding carboxylic acids is 1. The number of carbonyl (C=O) groups is 1. The van der Waals surface area contributed by atoms with Gasteiger partial charge in [0.2, 0.25) is 5.88 Å². The molecule has 5 heterocycles. The lowest BCUT2D eigenvalue weighted by Gasteiger charge is -2.39. The number of nitrogens with two attached hydrogens (primary N) is 2. The van der Waals surface area contributed by atoms with Crippen molar-refractivity contribution in [2.24, 2.45) is 11.7 Å². The second-order valence-electron chi connectivity index (χ2n) is 10.1. The van der Waals surface area contributed by atoms with E-state index < -0.39 is 24.0 Å². The van der Waals surface area contributed by atoms with E-state index >= 15 is 0 Å². The Morgan fingerprint density at radius 1 is 1.34 bits per heavy atom. The quantitative estimate of drug-likeness (QED) is 0.440. The molecule has 2 aromatic heterocycles. The number of halogens is 3. The van der Waals surface area contributed by atoms with Crippen LogP contribution in [0.4, 0.5) is 36.1 Å². The molecule has 10 nitrogen and oxygen atoms in total. The smallest absolute Gasteiger partial charge is 0.393 e. The molecular weight excluding hydrogens is 503 g/mol. The lowest BCUT2D eigenvalue weighted by Crippen LogP contribution is -2.51. The predicted molar refractivity (Wildman–Crippen MR) is 138 cm³/mol. The van der Waals surface area contributed by atoms with Crippen LogP contribution in [0.15, 0.2) is 28.5 Å². The highest BCUT2D eigenvalue weighted by molar-refractivity contribution is 6.13. The number of hydrogen-bond acceptors (Lipinski definition) is 9. The third-order valence-corrected chi connectivity index (χ3v) is 7.34. The molecule has 38 heavy (non-hydrogen) atoms. The van der Waals surface area contributed by atoms with Gasteiger partial charge in [0.25, 0.3) is 5.91 Å². The van der Waals surface area contributed by atoms with Crippen molar-refractivity contribution in [2.45, 2.75) is 31.2 Å². The number of ether oxygens (including phenoxy) is 1. The Hall–Kier alpha value is -3.29. The van der Waals surface area contributed by atoms with Crippen LogP contribution in [-0.2, 0) is 4.74 Å². The molecule has 13 heteroatoms. The number of anilines is 4. The number of methoxy groups -OCH3 is 1. The molecule has 3 atom stereocenters. The van der Waals surface area contributed by atoms with Gasteiger partial charge in [-0.25, -0.2) is 0 Å². The van der Waals surface area contributed by atoms with Gasteiger partial charge < -0.3 is 36.2 Å². The molecule has 1 unspecified atom stereocenters. The number of pyridine rings is 1. The maximum atomic E-state index is 13.5. The minimum absolute atomic E-state index is 0.0549. The summed E-state index contributed by atoms with van der Waals surface area (Å²) in [4.78, 5) is 21.2. The fraction of sp³-hybridized carbons (Fsp3) is 0.520. The molecule has 3 aliphatic heterocycles. The lowest BCUT2D eigenvalue weighted by atomic mass is 9.93. The van der Waals surface area contributed by atoms with Gasteiger partial charge in [-0.1, -0.05) is 0 Å². The number of piperidine rings is 1. The van der Waals surface area contributed by atoms with Crippen LogP contribution in [0.25, 0.3) is 6.08 Å². The number of amides is 1. The van der Waals surface area contributed by atoms with E-state index in [9.17, 15) is 18.0 Å². The predicted octanol–water partition coefficient (Wildman–Crippen LogP) is 2.75. The van der Waals surface area contributed by atoms with E-state index in [-0.39, 0.29) is 42.7 Å². The highest BCUT2D eigenvalue weighted by Crippen LogP contribution is 2.38. The van der Waals surface area contributed by atoms with Gasteiger partial charge in [-0.15, -0.1) is 0 Å². The Morgan fingerprint density at radius 2 is 2.16 bits per heavy atom. The molecule has 0 aliphatic carbocycles. The average molecular weight is 536 g/mol. The second kappa shape index (κ2) is 10.5. The van der Waals surface area contributed by atoms with Crippen molar-refractivity contribution in [1.82, 2.24) is 9.88 Å². The van der Waals surface area contributed by atoms with E-state index in [0.717, 1.165) is 31.6 Å². The summed E-state index contributed by atoms with van der Waals surface area (Å²) in [7, 11) is 1.72. The molecular formula is C25H32F3N7O3. The minimum Gasteiger partial charge on any atom is -0.438 e. The van der Waals surface area contributed by atoms with Crippen LogP contribution >= 0.6 is 0 Å². The van der Waals surface area contributed by atoms with Gasteiger partial charge >= 0.3 is 6.18 Å². The summed E-state index contributed by atoms with van der Waals surface area (Å²) in [6, 6.07) is 0.907. The Kier molecular flexibility index (Phi) is 7.25. The van der Waals surface area contributed by atoms with Gasteiger partial charge in [-0.2, -0.15) is 13.2 Å². The highest BCUT2D eigenvalue weighted by Gasteiger charge is 2.44. The molecule has 1 amide bonds. The number of hydrogen-bond donors (Lipinski definition) is 4. The first-order valence-electron chi connectivity index (χ1n) is 12.6. The van der Waals surface area contributed by atoms with Crippen molar-refractivity contribution in [3.63, 3.8) is 0 Å². The molecule has 0 radical (unpaired) electrons. The average Bonchev–Trinajstić information content (AvgIpc) is 3.46. The summed E-state index contributed by atoms with van der Waals surface area (Å²) in [5, 5.41) is 6.01. The number of nitrogen functional groups attached to an aromatic ring is 1. The van der Waals surface area contributed by atoms with Gasteiger partial charge in [-0.3, -0.25) is 14.7 Å². The van der Waals surface area contributed by atoms with Gasteiger partial charge in [0.1, 0.15) is 5.56 Å². The highest BCUT2D eigenvalue weighted by atomic mass is 19.4. The van der Waals surface area contributed by atoms with Crippen molar-refractivity contribution >= 4 is 34.9 Å². The number of fused-ring (bicyclic) bond motifs is 1. The largest absolute Gasteiger partial charge is 0.438 e. The molecule has 0 spiro atoms. The van der Waals surface area contributed by atoms with Gasteiger partial charge in [0, 0.05) is 58.6 Å². The van der Waals surface area contributed by atoms with Crippen LogP contribution in [0.2, 0.25) is 0 Å². The van der Waals surface area contributed by atoms with Crippen LogP contribution in [0.3, 0.4) is 0 Å². The number of nitrogens with one attached hydrogen (secondary N) is 2. The molecule has 0 bridgehead atoms. The topological polar surface area (TPSA) is 135 Å². The zero-order valence-corrected chi connectivity index (χ0v) is 21.1. The number of nitrogens with zero attached hydrogens (tertiary/aromatic N) is 3. The molecule has 3 aliphatic rings. The summed E-state index contributed by atoms with van der Waals surface area (Å²) < 4.78 is 51.6. The van der Waals surface area contributed by atoms with Gasteiger partial charge in [-0.05, 0) is 30.6 Å². The molecule has 2 saturated heterocycles. The fourth-order valence-electron chi connectivity index (χ4n) is 5.45. The van der Waals surface area contributed by atoms with Crippen LogP contribution in [0, 0.1) is 5.92 Å². The SMILES string of the molecule is COC1CCN(CC2=Cc3oc(N)c(C(=O)Nc4cnccc4N4C[C@@H](N)C[C@@H](C(F)(F)F)C4)c3NC2)C1. The second-order valence-corrected chi connectivity index (χ2v) is 10.1. The summed E-state index contributed by atoms with van der Waals surface area (Å²) in [5.41, 5.74) is 14.4. The molecule has 0 aromatic carbocycles. The summed E-state index contributed by atoms with van der Waals surface area (Å²) in [6.45, 7) is 3.02. The Bertz CT molecular complexity index is 1220. The van der Waals surface area contributed by atoms with Crippen molar-refractivity contribution in [3.05, 3.63) is 35.4 Å². The lowest BCUT2D eigenvalue weighted by molar-refractivity contribution is -0.177. The van der Waals surface area contributed by atoms with Crippen LogP contribution in [0.1, 0.15) is 29.0 Å². The van der Waals surface area contributed by atoms with Gasteiger partial charge in [0.05, 0.1) is 35.3 Å². The molecule has 206 valence electrons. The Labute approximate surface area is 218 Å². The Balaban J connectivity index is 1.33. The third kappa shape index (κ3) is 5.45. The molecule has 2 fully saturated rings. The first-order valence-corrected chi connectivity index (χ1v) is 12.6. The first-order chi connectivity index (χ1) is 18.1. The van der Waals surface area contributed by atoms with Gasteiger partial charge in [0.15, 0.2) is 5.76 Å². The monoisotopic (exact) mass is 535 g/mol. The maximum absolute atomic E-state index is 13.5. The van der Waals surface area contributed by atoms with Crippen LogP contribution < -0.4 is 27.0 Å². The van der Waals surface area contributed by atoms with E-state index in [4.69, 9.17) is 20.6 Å². The van der Waals surface area contributed by atoms with Crippen LogP contribution in [0.5, 0.6) is 0 Å². The normalized spacial score (nSPS) is 24.1. The molecule has 6 N–H and O–H groups in total. The minimum atomic E-state index is -4.37. The molecule has 0 saturated carbocycles. The van der Waals surface area contributed by atoms with Crippen molar-refractivity contribution < 1.29 is 27.1 Å². The number of furan rings is 1. The third-order valence-electron chi connectivity index (χ3n) is 7.34. The van der Waals surface area contributed by atoms with Crippen molar-refractivity contribution in [1.29, 1.82) is 0 Å². The molecule has 5 rings (SSSR count). The fourth-order valence-corrected chi connectivity index (χ4v) is 5.45. The zero-order chi connectivity index (χ0) is 27.0. The van der Waals surface area contributed by atoms with E-state index in [2.05, 4.69) is 20.5 Å². The van der Waals surface area contributed by atoms with Crippen LogP contribution in [-0.4, -0.2) is 80.5 Å². The summed E-state index contributed by atoms with van der Waals surface area (Å²) >= 11 is 0. The van der Waals surface area contributed by atoms with E-state index in [1.807, 2.05) is 6.08 Å². The zero-order valence-electron chi connectivity index (χ0n) is 21.1. The van der Waals surface area contributed by atoms with Crippen molar-refractivity contribution in [3.8, 4) is 0 Å². The van der Waals surface area contributed by atoms with E-state index in [0.29, 0.717) is 23.7 Å². The first kappa shape index (κ1) is 26.3. The maximum Gasteiger partial charge on any atom is 0.393 e. The number of likely N-dealkylation sites (tertiary alicyclic amines) is 1. The van der Waals surface area contributed by atoms with Crippen molar-refractivity contribution in [2.75, 3.05) is 67.6 Å². The Morgan fingerprint density at radius 3 is 2.89 bits per heavy atom. The summed E-state index contributed by atoms with van der Waals surface area (Å²) in [5.74, 6) is -1.72. The van der Waals surface area contributed by atoms with E-state index in [1.54, 1.807) is 13.2 Å². The summed E-state index contributed by atoms with van der Waals surface area (Å²) in [6.07, 6.45) is 1.46. The number of rotatable bonds is 6. The standard InChI is InChI=1S/C25H32F3N7O3/c1-37-17-3-5-34(13-17)10-14-6-20-22(32-8-14)21(23(30)38-20)24(36)33-18-9-31-4-2-19(18)35-11-15(25(26,27)28)7-16(29)12-35/h2,4,6,9,15-17,32H,3,5,7-8,10-13,29-30H2,1H3,(H,33,36)/t15-,16+,17?/m1/s1. The molecule has 2 aromatic rings. The number of alkyl halides is 3. The van der Waals surface area contributed by atoms with E-state index in [1.165, 1.54) is 17.3 Å².